The smallest absolute Gasteiger partial charge is 0.163 e. The molecule has 2 aromatic carbocycles. The number of unbranched alkanes of at least 4 members (excludes halogenated alkanes) is 4. The minimum atomic E-state index is -1.79. The van der Waals surface area contributed by atoms with Crippen LogP contribution in [0.3, 0.4) is 0 Å². The number of allylic oxidation sites excluding steroid dienone is 2. The fourth-order valence-corrected chi connectivity index (χ4v) is 6.33. The highest BCUT2D eigenvalue weighted by Gasteiger charge is 2.33. The van der Waals surface area contributed by atoms with Crippen LogP contribution in [0, 0.1) is 0 Å². The summed E-state index contributed by atoms with van der Waals surface area (Å²) in [4.78, 5) is 12.9. The molecule has 1 atom stereocenters. The molecule has 0 spiro atoms. The SMILES string of the molecule is CCCCCC/C=C\[C@@H](CC(=O)c1ccccc1)[Si](C)(C)c1ccccc1. The molecule has 0 heterocycles. The summed E-state index contributed by atoms with van der Waals surface area (Å²) in [5.74, 6) is 0.257. The molecule has 2 aromatic rings. The van der Waals surface area contributed by atoms with Gasteiger partial charge in [-0.05, 0) is 18.4 Å². The fraction of sp³-hybridized carbons (Fsp3) is 0.400. The molecule has 0 fully saturated rings. The van der Waals surface area contributed by atoms with Crippen LogP contribution in [0.2, 0.25) is 18.6 Å². The zero-order chi connectivity index (χ0) is 19.5. The lowest BCUT2D eigenvalue weighted by molar-refractivity contribution is 0.0983. The zero-order valence-corrected chi connectivity index (χ0v) is 18.2. The summed E-state index contributed by atoms with van der Waals surface area (Å²) in [5, 5.41) is 1.42. The van der Waals surface area contributed by atoms with Gasteiger partial charge in [-0.3, -0.25) is 4.79 Å². The number of carbonyl (C=O) groups is 1. The molecule has 0 saturated carbocycles. The van der Waals surface area contributed by atoms with Gasteiger partial charge < -0.3 is 0 Å². The van der Waals surface area contributed by atoms with Crippen molar-refractivity contribution in [2.75, 3.05) is 0 Å². The number of rotatable bonds is 11. The van der Waals surface area contributed by atoms with Crippen molar-refractivity contribution in [1.82, 2.24) is 0 Å². The molecule has 144 valence electrons. The van der Waals surface area contributed by atoms with Crippen molar-refractivity contribution in [2.24, 2.45) is 0 Å². The Morgan fingerprint density at radius 2 is 1.56 bits per heavy atom. The molecule has 0 aliphatic rings. The van der Waals surface area contributed by atoms with Crippen LogP contribution in [-0.2, 0) is 0 Å². The van der Waals surface area contributed by atoms with Gasteiger partial charge in [0.2, 0.25) is 0 Å². The van der Waals surface area contributed by atoms with Crippen LogP contribution in [0.5, 0.6) is 0 Å². The lowest BCUT2D eigenvalue weighted by Gasteiger charge is -2.31. The molecule has 2 rings (SSSR count). The molecule has 0 aromatic heterocycles. The normalized spacial score (nSPS) is 13.0. The van der Waals surface area contributed by atoms with E-state index in [0.717, 1.165) is 12.0 Å². The molecule has 1 nitrogen and oxygen atoms in total. The van der Waals surface area contributed by atoms with Gasteiger partial charge in [0.1, 0.15) is 0 Å². The topological polar surface area (TPSA) is 17.1 Å². The first-order valence-electron chi connectivity index (χ1n) is 10.4. The molecule has 0 radical (unpaired) electrons. The van der Waals surface area contributed by atoms with Crippen LogP contribution in [0.4, 0.5) is 0 Å². The van der Waals surface area contributed by atoms with E-state index in [0.29, 0.717) is 12.0 Å². The van der Waals surface area contributed by atoms with Gasteiger partial charge in [0, 0.05) is 12.0 Å². The number of benzene rings is 2. The Morgan fingerprint density at radius 1 is 0.926 bits per heavy atom. The Bertz CT molecular complexity index is 704. The van der Waals surface area contributed by atoms with E-state index in [2.05, 4.69) is 62.5 Å². The van der Waals surface area contributed by atoms with Gasteiger partial charge in [0.15, 0.2) is 5.78 Å². The van der Waals surface area contributed by atoms with Crippen molar-refractivity contribution >= 4 is 19.0 Å². The van der Waals surface area contributed by atoms with E-state index in [4.69, 9.17) is 0 Å². The summed E-state index contributed by atoms with van der Waals surface area (Å²) >= 11 is 0. The molecule has 0 unspecified atom stereocenters. The Labute approximate surface area is 166 Å². The van der Waals surface area contributed by atoms with Gasteiger partial charge in [-0.25, -0.2) is 0 Å². The molecule has 0 amide bonds. The summed E-state index contributed by atoms with van der Waals surface area (Å²) in [5.41, 5.74) is 1.15. The zero-order valence-electron chi connectivity index (χ0n) is 17.2. The summed E-state index contributed by atoms with van der Waals surface area (Å²) in [6, 6.07) is 20.5. The molecule has 0 bridgehead atoms. The highest BCUT2D eigenvalue weighted by Crippen LogP contribution is 2.29. The first-order valence-corrected chi connectivity index (χ1v) is 13.4. The lowest BCUT2D eigenvalue weighted by Crippen LogP contribution is -2.46. The lowest BCUT2D eigenvalue weighted by atomic mass is 10.1. The van der Waals surface area contributed by atoms with Gasteiger partial charge in [0.25, 0.3) is 0 Å². The number of carbonyl (C=O) groups excluding carboxylic acids is 1. The van der Waals surface area contributed by atoms with E-state index in [1.807, 2.05) is 30.3 Å². The summed E-state index contributed by atoms with van der Waals surface area (Å²) in [7, 11) is -1.79. The van der Waals surface area contributed by atoms with E-state index < -0.39 is 8.07 Å². The van der Waals surface area contributed by atoms with Crippen molar-refractivity contribution < 1.29 is 4.79 Å². The third kappa shape index (κ3) is 6.62. The summed E-state index contributed by atoms with van der Waals surface area (Å²) in [6.07, 6.45) is 11.5. The second-order valence-electron chi connectivity index (χ2n) is 7.97. The minimum absolute atomic E-state index is 0.257. The van der Waals surface area contributed by atoms with E-state index in [-0.39, 0.29) is 5.78 Å². The Balaban J connectivity index is 2.15. The maximum Gasteiger partial charge on any atom is 0.163 e. The maximum atomic E-state index is 12.9. The quantitative estimate of drug-likeness (QED) is 0.182. The summed E-state index contributed by atoms with van der Waals surface area (Å²) < 4.78 is 0. The second-order valence-corrected chi connectivity index (χ2v) is 12.7. The number of hydrogen-bond donors (Lipinski definition) is 0. The maximum absolute atomic E-state index is 12.9. The first-order chi connectivity index (χ1) is 13.1. The Hall–Kier alpha value is -1.93. The Morgan fingerprint density at radius 3 is 2.19 bits per heavy atom. The van der Waals surface area contributed by atoms with E-state index in [9.17, 15) is 4.79 Å². The van der Waals surface area contributed by atoms with Crippen LogP contribution in [0.15, 0.2) is 72.8 Å². The minimum Gasteiger partial charge on any atom is -0.294 e. The van der Waals surface area contributed by atoms with Crippen LogP contribution in [0.1, 0.15) is 55.8 Å². The fourth-order valence-electron chi connectivity index (χ4n) is 3.54. The molecule has 0 aliphatic heterocycles. The van der Waals surface area contributed by atoms with Crippen molar-refractivity contribution in [3.05, 3.63) is 78.4 Å². The predicted octanol–water partition coefficient (Wildman–Crippen LogP) is 6.77. The Kier molecular flexibility index (Phi) is 8.73. The highest BCUT2D eigenvalue weighted by atomic mass is 28.3. The van der Waals surface area contributed by atoms with Crippen LogP contribution in [0.25, 0.3) is 0 Å². The van der Waals surface area contributed by atoms with Crippen LogP contribution >= 0.6 is 0 Å². The molecular weight excluding hydrogens is 344 g/mol. The molecular formula is C25H34OSi. The predicted molar refractivity (Wildman–Crippen MR) is 121 cm³/mol. The van der Waals surface area contributed by atoms with Crippen molar-refractivity contribution in [3.8, 4) is 0 Å². The van der Waals surface area contributed by atoms with Gasteiger partial charge in [0.05, 0.1) is 8.07 Å². The first kappa shape index (κ1) is 21.4. The highest BCUT2D eigenvalue weighted by molar-refractivity contribution is 6.91. The molecule has 2 heteroatoms. The van der Waals surface area contributed by atoms with Crippen LogP contribution < -0.4 is 5.19 Å². The second kappa shape index (κ2) is 11.0. The third-order valence-electron chi connectivity index (χ3n) is 5.54. The molecule has 0 N–H and O–H groups in total. The monoisotopic (exact) mass is 378 g/mol. The number of hydrogen-bond acceptors (Lipinski definition) is 1. The summed E-state index contributed by atoms with van der Waals surface area (Å²) in [6.45, 7) is 7.04. The van der Waals surface area contributed by atoms with Crippen molar-refractivity contribution in [1.29, 1.82) is 0 Å². The van der Waals surface area contributed by atoms with Crippen molar-refractivity contribution in [3.63, 3.8) is 0 Å². The molecule has 27 heavy (non-hydrogen) atoms. The standard InChI is InChI=1S/C25H34OSi/c1-4-5-6-7-8-13-20-24(21-25(26)22-16-11-9-12-17-22)27(2,3)23-18-14-10-15-19-23/h9-20,24H,4-8,21H2,1-3H3/b20-13-/t24-/m0/s1. The third-order valence-corrected chi connectivity index (χ3v) is 9.61. The van der Waals surface area contributed by atoms with Gasteiger partial charge in [-0.1, -0.05) is 117 Å². The van der Waals surface area contributed by atoms with E-state index >= 15 is 0 Å². The van der Waals surface area contributed by atoms with E-state index in [1.165, 1.54) is 30.9 Å². The van der Waals surface area contributed by atoms with Crippen molar-refractivity contribution in [2.45, 2.75) is 64.1 Å². The van der Waals surface area contributed by atoms with E-state index in [1.54, 1.807) is 0 Å². The van der Waals surface area contributed by atoms with Crippen LogP contribution in [-0.4, -0.2) is 13.9 Å². The number of Topliss-reactive ketones (excluding diaryl/α,β-unsaturated/α-hetero) is 1. The van der Waals surface area contributed by atoms with Gasteiger partial charge >= 0.3 is 0 Å². The number of ketones is 1. The largest absolute Gasteiger partial charge is 0.294 e. The van der Waals surface area contributed by atoms with Gasteiger partial charge in [-0.2, -0.15) is 0 Å². The average Bonchev–Trinajstić information content (AvgIpc) is 2.70. The van der Waals surface area contributed by atoms with Gasteiger partial charge in [-0.15, -0.1) is 0 Å². The average molecular weight is 379 g/mol. The molecule has 0 aliphatic carbocycles. The molecule has 0 saturated heterocycles.